The first kappa shape index (κ1) is 25.5. The van der Waals surface area contributed by atoms with Crippen molar-refractivity contribution >= 4 is 54.4 Å². The number of nitrogens with zero attached hydrogens (tertiary/aromatic N) is 2. The van der Waals surface area contributed by atoms with Gasteiger partial charge in [0.05, 0.1) is 25.6 Å². The molecule has 1 N–H and O–H groups in total. The Morgan fingerprint density at radius 1 is 0.972 bits per heavy atom. The first-order valence-electron chi connectivity index (χ1n) is 10.4. The van der Waals surface area contributed by atoms with E-state index in [0.29, 0.717) is 22.6 Å². The lowest BCUT2D eigenvalue weighted by molar-refractivity contribution is 0.296. The summed E-state index contributed by atoms with van der Waals surface area (Å²) >= 11 is 3.50. The second-order valence-electron chi connectivity index (χ2n) is 7.45. The minimum atomic E-state index is -4.27. The highest BCUT2D eigenvalue weighted by Crippen LogP contribution is 2.34. The Morgan fingerprint density at radius 2 is 1.69 bits per heavy atom. The van der Waals surface area contributed by atoms with Crippen LogP contribution < -0.4 is 18.9 Å². The van der Waals surface area contributed by atoms with E-state index in [9.17, 15) is 13.6 Å². The molecule has 11 heteroatoms. The van der Waals surface area contributed by atoms with Crippen LogP contribution in [0.15, 0.2) is 87.2 Å². The Labute approximate surface area is 216 Å². The van der Waals surface area contributed by atoms with Crippen molar-refractivity contribution in [3.8, 4) is 17.2 Å². The molecule has 4 rings (SSSR count). The fourth-order valence-electron chi connectivity index (χ4n) is 3.44. The van der Waals surface area contributed by atoms with Crippen molar-refractivity contribution in [1.82, 2.24) is 0 Å². The van der Waals surface area contributed by atoms with E-state index in [-0.39, 0.29) is 16.3 Å². The summed E-state index contributed by atoms with van der Waals surface area (Å²) in [6.45, 7) is 0. The fraction of sp³-hybridized carbons (Fsp3) is 0.0800. The Bertz CT molecular complexity index is 1560. The van der Waals surface area contributed by atoms with Gasteiger partial charge in [0.1, 0.15) is 10.6 Å². The van der Waals surface area contributed by atoms with Gasteiger partial charge in [-0.25, -0.2) is 0 Å². The first-order chi connectivity index (χ1) is 17.2. The van der Waals surface area contributed by atoms with Crippen LogP contribution in [0.5, 0.6) is 17.2 Å². The minimum absolute atomic E-state index is 0.0610. The standard InChI is InChI=1S/C25H20BrN2O7S/c1-33-24-11-17(22(26)14-25(24)34-2)15-27-23-8-3-5-16-9-10-19(13-21(16)23)35-36(31,32)20-7-4-6-18(12-20)28(29)30/h3-15,29H,1-2H3/q-1. The normalized spacial score (nSPS) is 11.6. The van der Waals surface area contributed by atoms with Crippen LogP contribution in [0.1, 0.15) is 5.56 Å². The van der Waals surface area contributed by atoms with Crippen LogP contribution >= 0.6 is 15.9 Å². The quantitative estimate of drug-likeness (QED) is 0.159. The lowest BCUT2D eigenvalue weighted by Gasteiger charge is -2.21. The summed E-state index contributed by atoms with van der Waals surface area (Å²) in [5.74, 6) is 1.18. The zero-order valence-corrected chi connectivity index (χ0v) is 21.5. The molecule has 0 aliphatic rings. The van der Waals surface area contributed by atoms with Crippen molar-refractivity contribution in [2.75, 3.05) is 19.4 Å². The molecule has 0 amide bonds. The molecule has 0 radical (unpaired) electrons. The van der Waals surface area contributed by atoms with Crippen LogP contribution in [-0.4, -0.2) is 34.1 Å². The van der Waals surface area contributed by atoms with E-state index in [0.717, 1.165) is 21.5 Å². The fourth-order valence-corrected chi connectivity index (χ4v) is 4.83. The monoisotopic (exact) mass is 571 g/mol. The van der Waals surface area contributed by atoms with E-state index in [2.05, 4.69) is 20.9 Å². The number of halogens is 1. The zero-order chi connectivity index (χ0) is 25.9. The number of ether oxygens (including phenoxy) is 2. The van der Waals surface area contributed by atoms with Crippen LogP contribution in [-0.2, 0) is 10.1 Å². The maximum Gasteiger partial charge on any atom is 0.339 e. The van der Waals surface area contributed by atoms with Gasteiger partial charge in [0.2, 0.25) is 0 Å². The molecule has 36 heavy (non-hydrogen) atoms. The number of anilines is 1. The lowest BCUT2D eigenvalue weighted by Crippen LogP contribution is -2.12. The smallest absolute Gasteiger partial charge is 0.339 e. The summed E-state index contributed by atoms with van der Waals surface area (Å²) in [5.41, 5.74) is 1.09. The van der Waals surface area contributed by atoms with Gasteiger partial charge in [-0.15, -0.1) is 0 Å². The third kappa shape index (κ3) is 5.44. The van der Waals surface area contributed by atoms with E-state index in [4.69, 9.17) is 18.9 Å². The molecule has 0 bridgehead atoms. The molecule has 0 fully saturated rings. The van der Waals surface area contributed by atoms with Gasteiger partial charge in [0.25, 0.3) is 0 Å². The number of aliphatic imine (C=N–C) groups is 1. The van der Waals surface area contributed by atoms with E-state index in [1.54, 1.807) is 50.8 Å². The average molecular weight is 572 g/mol. The topological polar surface area (TPSA) is 121 Å². The van der Waals surface area contributed by atoms with Crippen molar-refractivity contribution in [3.63, 3.8) is 0 Å². The SMILES string of the molecule is COc1cc(Br)c(C=Nc2cccc3ccc(OS(=O)(=O)c4cccc(N([O-])O)c4)cc23)cc1OC. The molecule has 0 spiro atoms. The van der Waals surface area contributed by atoms with Crippen molar-refractivity contribution in [2.45, 2.75) is 4.90 Å². The predicted octanol–water partition coefficient (Wildman–Crippen LogP) is 5.83. The number of benzene rings is 4. The van der Waals surface area contributed by atoms with Crippen LogP contribution in [0.4, 0.5) is 11.4 Å². The highest BCUT2D eigenvalue weighted by Gasteiger charge is 2.18. The first-order valence-corrected chi connectivity index (χ1v) is 12.6. The molecule has 0 aliphatic carbocycles. The average Bonchev–Trinajstić information content (AvgIpc) is 2.87. The predicted molar refractivity (Wildman–Crippen MR) is 140 cm³/mol. The molecule has 186 valence electrons. The Balaban J connectivity index is 1.68. The highest BCUT2D eigenvalue weighted by molar-refractivity contribution is 9.10. The summed E-state index contributed by atoms with van der Waals surface area (Å²) in [6.07, 6.45) is 1.65. The second kappa shape index (κ2) is 10.5. The van der Waals surface area contributed by atoms with Crippen molar-refractivity contribution in [3.05, 3.63) is 88.0 Å². The van der Waals surface area contributed by atoms with Crippen LogP contribution in [0, 0.1) is 5.21 Å². The van der Waals surface area contributed by atoms with E-state index >= 15 is 0 Å². The van der Waals surface area contributed by atoms with Crippen molar-refractivity contribution < 1.29 is 27.3 Å². The summed E-state index contributed by atoms with van der Waals surface area (Å²) in [4.78, 5) is 4.32. The van der Waals surface area contributed by atoms with Gasteiger partial charge in [-0.3, -0.25) is 10.2 Å². The molecule has 0 atom stereocenters. The van der Waals surface area contributed by atoms with Gasteiger partial charge in [-0.1, -0.05) is 24.3 Å². The summed E-state index contributed by atoms with van der Waals surface area (Å²) in [6, 6.07) is 18.7. The highest BCUT2D eigenvalue weighted by atomic mass is 79.9. The van der Waals surface area contributed by atoms with Gasteiger partial charge in [0, 0.05) is 21.6 Å². The van der Waals surface area contributed by atoms with Gasteiger partial charge in [0.15, 0.2) is 11.5 Å². The molecule has 0 heterocycles. The van der Waals surface area contributed by atoms with E-state index in [1.165, 1.54) is 24.3 Å². The molecule has 9 nitrogen and oxygen atoms in total. The maximum atomic E-state index is 12.8. The van der Waals surface area contributed by atoms with Crippen molar-refractivity contribution in [1.29, 1.82) is 0 Å². The molecule has 0 aliphatic heterocycles. The van der Waals surface area contributed by atoms with E-state index < -0.39 is 15.3 Å². The molecular formula is C25H20BrN2O7S-. The molecule has 0 saturated heterocycles. The van der Waals surface area contributed by atoms with Gasteiger partial charge < -0.3 is 24.1 Å². The minimum Gasteiger partial charge on any atom is -0.733 e. The zero-order valence-electron chi connectivity index (χ0n) is 19.1. The Kier molecular flexibility index (Phi) is 7.45. The summed E-state index contributed by atoms with van der Waals surface area (Å²) in [5, 5.41) is 21.3. The third-order valence-corrected chi connectivity index (χ3v) is 7.14. The van der Waals surface area contributed by atoms with Gasteiger partial charge in [-0.05, 0) is 69.8 Å². The largest absolute Gasteiger partial charge is 0.733 e. The number of fused-ring (bicyclic) bond motifs is 1. The molecule has 0 unspecified atom stereocenters. The lowest BCUT2D eigenvalue weighted by atomic mass is 10.1. The third-order valence-electron chi connectivity index (χ3n) is 5.21. The molecular weight excluding hydrogens is 552 g/mol. The van der Waals surface area contributed by atoms with Gasteiger partial charge in [-0.2, -0.15) is 8.42 Å². The number of hydrogen-bond acceptors (Lipinski definition) is 9. The molecule has 4 aromatic carbocycles. The van der Waals surface area contributed by atoms with Crippen LogP contribution in [0.3, 0.4) is 0 Å². The van der Waals surface area contributed by atoms with E-state index in [1.807, 2.05) is 12.1 Å². The number of methoxy groups -OCH3 is 2. The second-order valence-corrected chi connectivity index (χ2v) is 9.86. The Morgan fingerprint density at radius 3 is 2.42 bits per heavy atom. The van der Waals surface area contributed by atoms with Crippen LogP contribution in [0.2, 0.25) is 0 Å². The molecule has 4 aromatic rings. The van der Waals surface area contributed by atoms with Crippen molar-refractivity contribution in [2.24, 2.45) is 4.99 Å². The number of hydrogen-bond donors (Lipinski definition) is 1. The van der Waals surface area contributed by atoms with Gasteiger partial charge >= 0.3 is 10.1 Å². The van der Waals surface area contributed by atoms with Crippen LogP contribution in [0.25, 0.3) is 10.8 Å². The Hall–Kier alpha value is -3.64. The maximum absolute atomic E-state index is 12.8. The summed E-state index contributed by atoms with van der Waals surface area (Å²) < 4.78 is 42.3. The molecule has 0 saturated carbocycles. The number of rotatable bonds is 8. The molecule has 0 aromatic heterocycles. The summed E-state index contributed by atoms with van der Waals surface area (Å²) in [7, 11) is -1.18.